The van der Waals surface area contributed by atoms with Crippen molar-refractivity contribution in [1.82, 2.24) is 0 Å². The number of carbonyl (C=O) groups excluding carboxylic acids is 2. The summed E-state index contributed by atoms with van der Waals surface area (Å²) in [5.41, 5.74) is -0.686. The number of hydrogen-bond donors (Lipinski definition) is 0. The van der Waals surface area contributed by atoms with E-state index in [0.29, 0.717) is 6.42 Å². The maximum absolute atomic E-state index is 12.9. The van der Waals surface area contributed by atoms with Crippen molar-refractivity contribution in [3.8, 4) is 0 Å². The Bertz CT molecular complexity index is 356. The van der Waals surface area contributed by atoms with Gasteiger partial charge < -0.3 is 9.47 Å². The monoisotopic (exact) mass is 316 g/mol. The van der Waals surface area contributed by atoms with E-state index in [2.05, 4.69) is 4.74 Å². The Hall–Kier alpha value is -1.34. The Morgan fingerprint density at radius 2 is 1.62 bits per heavy atom. The minimum Gasteiger partial charge on any atom is -0.462 e. The fraction of sp³-hybridized carbons (Fsp3) is 0.846. The molecular weight excluding hydrogens is 296 g/mol. The highest BCUT2D eigenvalue weighted by molar-refractivity contribution is 5.75. The van der Waals surface area contributed by atoms with Gasteiger partial charge in [-0.2, -0.15) is 0 Å². The third-order valence-corrected chi connectivity index (χ3v) is 2.87. The molecule has 0 amide bonds. The molecule has 0 radical (unpaired) electrons. The van der Waals surface area contributed by atoms with Crippen LogP contribution in [0.15, 0.2) is 0 Å². The molecule has 0 fully saturated rings. The van der Waals surface area contributed by atoms with E-state index in [4.69, 9.17) is 4.74 Å². The number of halogens is 4. The van der Waals surface area contributed by atoms with Gasteiger partial charge in [-0.3, -0.25) is 9.59 Å². The van der Waals surface area contributed by atoms with Crippen LogP contribution in [0.4, 0.5) is 17.6 Å². The molecule has 0 N–H and O–H groups in total. The van der Waals surface area contributed by atoms with Crippen LogP contribution < -0.4 is 0 Å². The van der Waals surface area contributed by atoms with Gasteiger partial charge in [0.2, 0.25) is 6.43 Å². The summed E-state index contributed by atoms with van der Waals surface area (Å²) in [4.78, 5) is 22.6. The van der Waals surface area contributed by atoms with E-state index in [-0.39, 0.29) is 6.61 Å². The largest absolute Gasteiger partial charge is 0.462 e. The molecule has 0 aliphatic carbocycles. The predicted octanol–water partition coefficient (Wildman–Crippen LogP) is 3.19. The minimum absolute atomic E-state index is 0.269. The average molecular weight is 316 g/mol. The first-order chi connectivity index (χ1) is 9.50. The summed E-state index contributed by atoms with van der Waals surface area (Å²) in [6, 6.07) is 0. The molecule has 0 spiro atoms. The summed E-state index contributed by atoms with van der Waals surface area (Å²) in [5, 5.41) is 0. The van der Waals surface area contributed by atoms with Crippen LogP contribution in [0.1, 0.15) is 40.0 Å². The van der Waals surface area contributed by atoms with Crippen LogP contribution in [-0.4, -0.2) is 37.5 Å². The molecule has 0 bridgehead atoms. The minimum atomic E-state index is -3.81. The molecule has 0 saturated carbocycles. The summed E-state index contributed by atoms with van der Waals surface area (Å²) in [6.07, 6.45) is -5.77. The molecule has 21 heavy (non-hydrogen) atoms. The molecule has 4 nitrogen and oxygen atoms in total. The predicted molar refractivity (Wildman–Crippen MR) is 66.2 cm³/mol. The molecule has 0 atom stereocenters. The lowest BCUT2D eigenvalue weighted by Crippen LogP contribution is -2.28. The van der Waals surface area contributed by atoms with Gasteiger partial charge in [0.25, 0.3) is 5.92 Å². The molecule has 0 aromatic carbocycles. The van der Waals surface area contributed by atoms with Crippen LogP contribution in [0.5, 0.6) is 0 Å². The molecular formula is C13H20F4O4. The quantitative estimate of drug-likeness (QED) is 0.372. The molecule has 0 heterocycles. The molecule has 0 aromatic heterocycles. The second kappa shape index (κ2) is 8.19. The highest BCUT2D eigenvalue weighted by atomic mass is 19.3. The van der Waals surface area contributed by atoms with Gasteiger partial charge in [0, 0.05) is 0 Å². The van der Waals surface area contributed by atoms with Crippen LogP contribution in [0.3, 0.4) is 0 Å². The highest BCUT2D eigenvalue weighted by Gasteiger charge is 2.36. The Labute approximate surface area is 120 Å². The van der Waals surface area contributed by atoms with Crippen molar-refractivity contribution in [1.29, 1.82) is 0 Å². The standard InChI is InChI=1S/C13H20F4O4/c1-4-12(2,3)11(19)21-6-5-20-10(18)8-13(16,17)7-9(14)15/h9H,4-8H2,1-3H3. The smallest absolute Gasteiger partial charge is 0.312 e. The van der Waals surface area contributed by atoms with Crippen LogP contribution in [-0.2, 0) is 19.1 Å². The number of hydrogen-bond acceptors (Lipinski definition) is 4. The number of carbonyl (C=O) groups is 2. The van der Waals surface area contributed by atoms with E-state index >= 15 is 0 Å². The Morgan fingerprint density at radius 1 is 1.10 bits per heavy atom. The molecule has 0 aliphatic heterocycles. The van der Waals surface area contributed by atoms with Crippen molar-refractivity contribution in [2.75, 3.05) is 13.2 Å². The van der Waals surface area contributed by atoms with E-state index in [1.165, 1.54) is 0 Å². The molecule has 0 aromatic rings. The van der Waals surface area contributed by atoms with Crippen LogP contribution in [0.25, 0.3) is 0 Å². The van der Waals surface area contributed by atoms with E-state index in [0.717, 1.165) is 0 Å². The summed E-state index contributed by atoms with van der Waals surface area (Å²) >= 11 is 0. The maximum atomic E-state index is 12.9. The van der Waals surface area contributed by atoms with E-state index in [9.17, 15) is 27.2 Å². The molecule has 0 rings (SSSR count). The molecule has 0 saturated heterocycles. The van der Waals surface area contributed by atoms with Crippen molar-refractivity contribution < 1.29 is 36.6 Å². The number of alkyl halides is 4. The summed E-state index contributed by atoms with van der Waals surface area (Å²) in [7, 11) is 0. The zero-order valence-electron chi connectivity index (χ0n) is 12.3. The van der Waals surface area contributed by atoms with Crippen molar-refractivity contribution in [2.45, 2.75) is 52.4 Å². The zero-order chi connectivity index (χ0) is 16.7. The molecule has 0 unspecified atom stereocenters. The molecule has 124 valence electrons. The SMILES string of the molecule is CCC(C)(C)C(=O)OCCOC(=O)CC(F)(F)CC(F)F. The van der Waals surface area contributed by atoms with Gasteiger partial charge in [-0.25, -0.2) is 17.6 Å². The Morgan fingerprint density at radius 3 is 2.10 bits per heavy atom. The van der Waals surface area contributed by atoms with Crippen LogP contribution in [0, 0.1) is 5.41 Å². The van der Waals surface area contributed by atoms with Crippen molar-refractivity contribution in [3.05, 3.63) is 0 Å². The first kappa shape index (κ1) is 19.7. The second-order valence-corrected chi connectivity index (χ2v) is 5.22. The van der Waals surface area contributed by atoms with Gasteiger partial charge >= 0.3 is 11.9 Å². The van der Waals surface area contributed by atoms with Crippen LogP contribution >= 0.6 is 0 Å². The van der Waals surface area contributed by atoms with Gasteiger partial charge in [0.1, 0.15) is 19.6 Å². The first-order valence-electron chi connectivity index (χ1n) is 6.49. The van der Waals surface area contributed by atoms with E-state index < -0.39 is 49.2 Å². The van der Waals surface area contributed by atoms with Gasteiger partial charge in [-0.05, 0) is 20.3 Å². The van der Waals surface area contributed by atoms with E-state index in [1.807, 2.05) is 0 Å². The van der Waals surface area contributed by atoms with Crippen molar-refractivity contribution in [2.24, 2.45) is 5.41 Å². The van der Waals surface area contributed by atoms with Gasteiger partial charge in [-0.15, -0.1) is 0 Å². The highest BCUT2D eigenvalue weighted by Crippen LogP contribution is 2.26. The normalized spacial score (nSPS) is 12.4. The van der Waals surface area contributed by atoms with Crippen molar-refractivity contribution >= 4 is 11.9 Å². The summed E-state index contributed by atoms with van der Waals surface area (Å²) in [6.45, 7) is 4.48. The fourth-order valence-electron chi connectivity index (χ4n) is 1.19. The van der Waals surface area contributed by atoms with Gasteiger partial charge in [0.15, 0.2) is 0 Å². The fourth-order valence-corrected chi connectivity index (χ4v) is 1.19. The summed E-state index contributed by atoms with van der Waals surface area (Å²) in [5.74, 6) is -5.62. The summed E-state index contributed by atoms with van der Waals surface area (Å²) < 4.78 is 58.7. The zero-order valence-corrected chi connectivity index (χ0v) is 12.3. The third kappa shape index (κ3) is 8.52. The van der Waals surface area contributed by atoms with Crippen molar-refractivity contribution in [3.63, 3.8) is 0 Å². The maximum Gasteiger partial charge on any atom is 0.312 e. The second-order valence-electron chi connectivity index (χ2n) is 5.22. The lowest BCUT2D eigenvalue weighted by atomic mass is 9.91. The Balaban J connectivity index is 3.98. The number of rotatable bonds is 9. The van der Waals surface area contributed by atoms with Gasteiger partial charge in [0.05, 0.1) is 11.8 Å². The molecule has 8 heteroatoms. The number of ether oxygens (including phenoxy) is 2. The van der Waals surface area contributed by atoms with Gasteiger partial charge in [-0.1, -0.05) is 6.92 Å². The Kier molecular flexibility index (Phi) is 7.67. The first-order valence-corrected chi connectivity index (χ1v) is 6.49. The lowest BCUT2D eigenvalue weighted by Gasteiger charge is -2.20. The third-order valence-electron chi connectivity index (χ3n) is 2.87. The average Bonchev–Trinajstić information content (AvgIpc) is 2.31. The molecule has 0 aliphatic rings. The topological polar surface area (TPSA) is 52.6 Å². The van der Waals surface area contributed by atoms with E-state index in [1.54, 1.807) is 20.8 Å². The number of esters is 2. The van der Waals surface area contributed by atoms with Crippen LogP contribution in [0.2, 0.25) is 0 Å². The lowest BCUT2D eigenvalue weighted by molar-refractivity contribution is -0.163.